The van der Waals surface area contributed by atoms with Crippen molar-refractivity contribution in [1.29, 1.82) is 0 Å². The summed E-state index contributed by atoms with van der Waals surface area (Å²) >= 11 is 0. The van der Waals surface area contributed by atoms with E-state index in [2.05, 4.69) is 26.6 Å². The number of phenolic OH excluding ortho intramolecular Hbond substituents is 1. The summed E-state index contributed by atoms with van der Waals surface area (Å²) in [7, 11) is 0. The van der Waals surface area contributed by atoms with E-state index in [1.54, 1.807) is 17.0 Å². The van der Waals surface area contributed by atoms with Crippen molar-refractivity contribution in [2.24, 2.45) is 5.41 Å². The first-order valence-electron chi connectivity index (χ1n) is 19.2. The van der Waals surface area contributed by atoms with Gasteiger partial charge in [0, 0.05) is 61.6 Å². The van der Waals surface area contributed by atoms with E-state index in [9.17, 15) is 24.6 Å². The first kappa shape index (κ1) is 38.2. The molecule has 2 aromatic heterocycles. The molecule has 11 heteroatoms. The molecule has 0 spiro atoms. The van der Waals surface area contributed by atoms with Crippen LogP contribution in [-0.4, -0.2) is 91.2 Å². The summed E-state index contributed by atoms with van der Waals surface area (Å²) < 4.78 is 0. The number of phenols is 1. The number of aliphatic hydroxyl groups is 1. The zero-order valence-electron chi connectivity index (χ0n) is 30.8. The number of nitrogens with one attached hydrogen (secondary N) is 2. The molecule has 278 valence electrons. The van der Waals surface area contributed by atoms with E-state index < -0.39 is 17.6 Å². The van der Waals surface area contributed by atoms with Crippen LogP contribution in [0.3, 0.4) is 0 Å². The van der Waals surface area contributed by atoms with Gasteiger partial charge in [0.1, 0.15) is 11.8 Å². The molecule has 0 unspecified atom stereocenters. The van der Waals surface area contributed by atoms with Crippen LogP contribution in [-0.2, 0) is 14.4 Å². The molecule has 3 amide bonds. The fourth-order valence-electron chi connectivity index (χ4n) is 7.19. The molecule has 0 saturated carbocycles. The number of hydrogen-bond donors (Lipinski definition) is 4. The fraction of sp³-hybridized carbons (Fsp3) is 0.625. The van der Waals surface area contributed by atoms with E-state index in [1.807, 2.05) is 43.9 Å². The molecule has 4 N–H and O–H groups in total. The Balaban J connectivity index is 0.854. The van der Waals surface area contributed by atoms with Crippen molar-refractivity contribution >= 4 is 28.8 Å². The lowest BCUT2D eigenvalue weighted by Crippen LogP contribution is -2.54. The number of rotatable bonds is 18. The van der Waals surface area contributed by atoms with Crippen LogP contribution in [0.25, 0.3) is 22.3 Å². The standard InChI is InChI=1S/C40H58N6O5/c1-40(2,3)37(39(51)45-22-21-30(47)27-45)42-35(49)19-13-11-9-7-5-4-6-8-10-12-14-20-36(50)46-25-29(26-46)32-23-28-24-33(43-44-38(28)41-32)31-17-15-16-18-34(31)48/h15-18,23-24,29-30,37,47-48H,4-14,19-22,25-27H2,1-3H3,(H,41,44)(H,42,49)/t30-,37-/m1/s1. The summed E-state index contributed by atoms with van der Waals surface area (Å²) in [5.41, 5.74) is 2.68. The van der Waals surface area contributed by atoms with Gasteiger partial charge in [-0.25, -0.2) is 0 Å². The first-order chi connectivity index (χ1) is 24.5. The molecule has 3 aromatic rings. The van der Waals surface area contributed by atoms with E-state index in [4.69, 9.17) is 0 Å². The summed E-state index contributed by atoms with van der Waals surface area (Å²) in [6.45, 7) is 8.24. The molecule has 2 atom stereocenters. The molecule has 5 rings (SSSR count). The third kappa shape index (κ3) is 10.8. The molecule has 2 saturated heterocycles. The van der Waals surface area contributed by atoms with Crippen LogP contribution in [0, 0.1) is 5.41 Å². The van der Waals surface area contributed by atoms with Crippen molar-refractivity contribution < 1.29 is 24.6 Å². The normalized spacial score (nSPS) is 17.1. The maximum Gasteiger partial charge on any atom is 0.245 e. The molecule has 4 heterocycles. The Morgan fingerprint density at radius 2 is 1.49 bits per heavy atom. The van der Waals surface area contributed by atoms with Gasteiger partial charge >= 0.3 is 0 Å². The SMILES string of the molecule is CC(C)(C)[C@H](NC(=O)CCCCCCCCCCCCCC(=O)N1CC(c2cc3cc(-c4ccccc4O)nnc3[nH]2)C1)C(=O)N1CC[C@@H](O)C1. The number of likely N-dealkylation sites (tertiary alicyclic amines) is 2. The minimum atomic E-state index is -0.577. The smallest absolute Gasteiger partial charge is 0.245 e. The molecular formula is C40H58N6O5. The maximum absolute atomic E-state index is 13.0. The minimum absolute atomic E-state index is 0.0681. The largest absolute Gasteiger partial charge is 0.507 e. The Morgan fingerprint density at radius 3 is 2.10 bits per heavy atom. The average molecular weight is 703 g/mol. The number of aromatic hydroxyl groups is 1. The van der Waals surface area contributed by atoms with Gasteiger partial charge < -0.3 is 30.3 Å². The van der Waals surface area contributed by atoms with Crippen LogP contribution < -0.4 is 5.32 Å². The number of carbonyl (C=O) groups excluding carboxylic acids is 3. The van der Waals surface area contributed by atoms with E-state index in [0.29, 0.717) is 49.3 Å². The first-order valence-corrected chi connectivity index (χ1v) is 19.2. The van der Waals surface area contributed by atoms with Crippen LogP contribution in [0.15, 0.2) is 36.4 Å². The van der Waals surface area contributed by atoms with Crippen LogP contribution in [0.5, 0.6) is 5.75 Å². The molecule has 0 aliphatic carbocycles. The predicted molar refractivity (Wildman–Crippen MR) is 199 cm³/mol. The van der Waals surface area contributed by atoms with Gasteiger partial charge in [-0.15, -0.1) is 10.2 Å². The van der Waals surface area contributed by atoms with Crippen molar-refractivity contribution in [2.75, 3.05) is 26.2 Å². The number of amides is 3. The Labute approximate surface area is 302 Å². The number of β-amino-alcohol motifs (C(OH)–C–C–N with tert-alkyl or cyclic N) is 1. The summed E-state index contributed by atoms with van der Waals surface area (Å²) in [5.74, 6) is 0.533. The highest BCUT2D eigenvalue weighted by molar-refractivity contribution is 5.88. The fourth-order valence-corrected chi connectivity index (χ4v) is 7.19. The van der Waals surface area contributed by atoms with Crippen LogP contribution in [0.2, 0.25) is 0 Å². The van der Waals surface area contributed by atoms with Gasteiger partial charge in [0.25, 0.3) is 0 Å². The summed E-state index contributed by atoms with van der Waals surface area (Å²) in [4.78, 5) is 45.4. The van der Waals surface area contributed by atoms with Crippen molar-refractivity contribution in [1.82, 2.24) is 30.3 Å². The van der Waals surface area contributed by atoms with Gasteiger partial charge in [-0.2, -0.15) is 0 Å². The Kier molecular flexibility index (Phi) is 13.5. The molecule has 0 bridgehead atoms. The number of carbonyl (C=O) groups is 3. The highest BCUT2D eigenvalue weighted by atomic mass is 16.3. The minimum Gasteiger partial charge on any atom is -0.507 e. The Morgan fingerprint density at radius 1 is 0.863 bits per heavy atom. The van der Waals surface area contributed by atoms with Crippen LogP contribution in [0.4, 0.5) is 0 Å². The molecule has 51 heavy (non-hydrogen) atoms. The zero-order valence-corrected chi connectivity index (χ0v) is 30.8. The van der Waals surface area contributed by atoms with Gasteiger partial charge in [0.2, 0.25) is 17.7 Å². The van der Waals surface area contributed by atoms with Gasteiger partial charge in [-0.1, -0.05) is 90.7 Å². The molecular weight excluding hydrogens is 644 g/mol. The molecule has 1 aromatic carbocycles. The molecule has 2 aliphatic heterocycles. The number of para-hydroxylation sites is 1. The third-order valence-electron chi connectivity index (χ3n) is 10.4. The number of H-pyrrole nitrogens is 1. The Bertz CT molecular complexity index is 1610. The number of aromatic amines is 1. The van der Waals surface area contributed by atoms with Crippen molar-refractivity contribution in [2.45, 2.75) is 129 Å². The second-order valence-electron chi connectivity index (χ2n) is 15.8. The lowest BCUT2D eigenvalue weighted by molar-refractivity contribution is -0.139. The quantitative estimate of drug-likeness (QED) is 0.111. The van der Waals surface area contributed by atoms with E-state index in [0.717, 1.165) is 56.3 Å². The summed E-state index contributed by atoms with van der Waals surface area (Å²) in [5, 5.41) is 32.5. The maximum atomic E-state index is 13.0. The molecule has 0 radical (unpaired) electrons. The number of unbranched alkanes of at least 4 members (excludes halogenated alkanes) is 10. The Hall–Kier alpha value is -3.99. The molecule has 2 aliphatic rings. The lowest BCUT2D eigenvalue weighted by Gasteiger charge is -2.39. The number of fused-ring (bicyclic) bond motifs is 1. The third-order valence-corrected chi connectivity index (χ3v) is 10.4. The van der Waals surface area contributed by atoms with Crippen LogP contribution >= 0.6 is 0 Å². The second kappa shape index (κ2) is 18.0. The number of aromatic nitrogens is 3. The lowest BCUT2D eigenvalue weighted by atomic mass is 9.85. The van der Waals surface area contributed by atoms with Crippen LogP contribution in [0.1, 0.15) is 122 Å². The van der Waals surface area contributed by atoms with Gasteiger partial charge in [-0.05, 0) is 48.9 Å². The highest BCUT2D eigenvalue weighted by Crippen LogP contribution is 2.32. The van der Waals surface area contributed by atoms with Gasteiger partial charge in [0.15, 0.2) is 5.65 Å². The average Bonchev–Trinajstić information content (AvgIpc) is 3.70. The zero-order chi connectivity index (χ0) is 36.4. The number of nitrogens with zero attached hydrogens (tertiary/aromatic N) is 4. The molecule has 11 nitrogen and oxygen atoms in total. The van der Waals surface area contributed by atoms with E-state index in [-0.39, 0.29) is 29.4 Å². The number of benzene rings is 1. The highest BCUT2D eigenvalue weighted by Gasteiger charge is 2.38. The van der Waals surface area contributed by atoms with Gasteiger partial charge in [-0.3, -0.25) is 14.4 Å². The van der Waals surface area contributed by atoms with E-state index >= 15 is 0 Å². The predicted octanol–water partition coefficient (Wildman–Crippen LogP) is 6.45. The molecule has 2 fully saturated rings. The number of aliphatic hydroxyl groups excluding tert-OH is 1. The van der Waals surface area contributed by atoms with Gasteiger partial charge in [0.05, 0.1) is 11.8 Å². The second-order valence-corrected chi connectivity index (χ2v) is 15.8. The number of hydrogen-bond acceptors (Lipinski definition) is 7. The summed E-state index contributed by atoms with van der Waals surface area (Å²) in [6, 6.07) is 10.6. The van der Waals surface area contributed by atoms with Crippen molar-refractivity contribution in [3.8, 4) is 17.0 Å². The van der Waals surface area contributed by atoms with Crippen molar-refractivity contribution in [3.05, 3.63) is 42.1 Å². The van der Waals surface area contributed by atoms with Crippen molar-refractivity contribution in [3.63, 3.8) is 0 Å². The topological polar surface area (TPSA) is 152 Å². The summed E-state index contributed by atoms with van der Waals surface area (Å²) in [6.07, 6.45) is 13.4. The van der Waals surface area contributed by atoms with E-state index in [1.165, 1.54) is 38.5 Å². The monoisotopic (exact) mass is 702 g/mol.